The van der Waals surface area contributed by atoms with E-state index in [0.717, 1.165) is 5.56 Å². The molecule has 106 valence electrons. The summed E-state index contributed by atoms with van der Waals surface area (Å²) in [6, 6.07) is 10.9. The van der Waals surface area contributed by atoms with E-state index in [1.165, 1.54) is 19.2 Å². The van der Waals surface area contributed by atoms with E-state index in [0.29, 0.717) is 5.56 Å². The zero-order chi connectivity index (χ0) is 14.7. The highest BCUT2D eigenvalue weighted by Gasteiger charge is 2.27. The van der Waals surface area contributed by atoms with Crippen LogP contribution >= 0.6 is 0 Å². The van der Waals surface area contributed by atoms with Crippen LogP contribution in [-0.2, 0) is 4.74 Å². The van der Waals surface area contributed by atoms with E-state index in [1.807, 2.05) is 30.3 Å². The van der Waals surface area contributed by atoms with Gasteiger partial charge < -0.3 is 10.5 Å². The Morgan fingerprint density at radius 2 is 1.70 bits per heavy atom. The molecule has 0 aromatic heterocycles. The first-order valence-corrected chi connectivity index (χ1v) is 6.34. The molecule has 2 unspecified atom stereocenters. The molecular formula is C16H17F2NO. The van der Waals surface area contributed by atoms with E-state index in [1.54, 1.807) is 6.92 Å². The van der Waals surface area contributed by atoms with Crippen LogP contribution in [-0.4, -0.2) is 7.11 Å². The molecule has 0 bridgehead atoms. The monoisotopic (exact) mass is 277 g/mol. The van der Waals surface area contributed by atoms with E-state index in [-0.39, 0.29) is 5.56 Å². The summed E-state index contributed by atoms with van der Waals surface area (Å²) in [5.41, 5.74) is 7.05. The Kier molecular flexibility index (Phi) is 4.47. The third kappa shape index (κ3) is 2.71. The molecule has 0 aliphatic carbocycles. The van der Waals surface area contributed by atoms with E-state index in [4.69, 9.17) is 10.5 Å². The highest BCUT2D eigenvalue weighted by Crippen LogP contribution is 2.33. The van der Waals surface area contributed by atoms with Gasteiger partial charge in [0.15, 0.2) is 0 Å². The number of ether oxygens (including phenoxy) is 1. The summed E-state index contributed by atoms with van der Waals surface area (Å²) >= 11 is 0. The molecule has 2 nitrogen and oxygen atoms in total. The number of nitrogens with two attached hydrogens (primary N) is 1. The highest BCUT2D eigenvalue weighted by atomic mass is 19.1. The number of halogens is 2. The average molecular weight is 277 g/mol. The van der Waals surface area contributed by atoms with Crippen molar-refractivity contribution in [3.63, 3.8) is 0 Å². The second kappa shape index (κ2) is 6.11. The molecule has 4 heteroatoms. The van der Waals surface area contributed by atoms with Crippen molar-refractivity contribution < 1.29 is 13.5 Å². The number of hydrogen-bond acceptors (Lipinski definition) is 2. The predicted octanol–water partition coefficient (Wildman–Crippen LogP) is 3.66. The van der Waals surface area contributed by atoms with Crippen molar-refractivity contribution in [1.29, 1.82) is 0 Å². The molecule has 0 saturated carbocycles. The van der Waals surface area contributed by atoms with Gasteiger partial charge in [0, 0.05) is 12.7 Å². The largest absolute Gasteiger partial charge is 0.375 e. The van der Waals surface area contributed by atoms with Crippen molar-refractivity contribution in [3.8, 4) is 0 Å². The number of hydrogen-bond donors (Lipinski definition) is 1. The Morgan fingerprint density at radius 3 is 2.30 bits per heavy atom. The van der Waals surface area contributed by atoms with Gasteiger partial charge in [0.25, 0.3) is 0 Å². The number of rotatable bonds is 4. The Morgan fingerprint density at radius 1 is 1.05 bits per heavy atom. The summed E-state index contributed by atoms with van der Waals surface area (Å²) in [4.78, 5) is 0. The van der Waals surface area contributed by atoms with Gasteiger partial charge in [-0.3, -0.25) is 0 Å². The summed E-state index contributed by atoms with van der Waals surface area (Å²) in [5, 5.41) is 0. The van der Waals surface area contributed by atoms with Crippen LogP contribution in [0.25, 0.3) is 0 Å². The molecule has 0 fully saturated rings. The van der Waals surface area contributed by atoms with Gasteiger partial charge >= 0.3 is 0 Å². The van der Waals surface area contributed by atoms with Crippen LogP contribution in [0.2, 0.25) is 0 Å². The van der Waals surface area contributed by atoms with Gasteiger partial charge in [-0.25, -0.2) is 8.78 Å². The van der Waals surface area contributed by atoms with Gasteiger partial charge in [-0.05, 0) is 24.1 Å². The Labute approximate surface area is 117 Å². The summed E-state index contributed by atoms with van der Waals surface area (Å²) in [6.45, 7) is 1.58. The first-order valence-electron chi connectivity index (χ1n) is 6.34. The number of aryl methyl sites for hydroxylation is 1. The lowest BCUT2D eigenvalue weighted by molar-refractivity contribution is 0.0779. The normalized spacial score (nSPS) is 14.1. The van der Waals surface area contributed by atoms with Gasteiger partial charge in [0.2, 0.25) is 0 Å². The molecule has 0 spiro atoms. The maximum atomic E-state index is 14.1. The molecule has 2 aromatic carbocycles. The van der Waals surface area contributed by atoms with E-state index in [2.05, 4.69) is 0 Å². The van der Waals surface area contributed by atoms with Crippen LogP contribution in [0.3, 0.4) is 0 Å². The standard InChI is InChI=1S/C16H17F2NO/c1-10-8-9-12(17)13(14(10)18)15(19)16(20-2)11-6-4-3-5-7-11/h3-9,15-16H,19H2,1-2H3. The quantitative estimate of drug-likeness (QED) is 0.925. The van der Waals surface area contributed by atoms with E-state index < -0.39 is 23.8 Å². The Balaban J connectivity index is 2.44. The zero-order valence-electron chi connectivity index (χ0n) is 11.4. The Hall–Kier alpha value is -1.78. The van der Waals surface area contributed by atoms with Gasteiger partial charge in [0.05, 0.1) is 6.04 Å². The van der Waals surface area contributed by atoms with Crippen molar-refractivity contribution >= 4 is 0 Å². The van der Waals surface area contributed by atoms with Crippen LogP contribution in [0.1, 0.15) is 28.8 Å². The summed E-state index contributed by atoms with van der Waals surface area (Å²) in [5.74, 6) is -1.27. The summed E-state index contributed by atoms with van der Waals surface area (Å²) in [6.07, 6.45) is -0.609. The molecule has 0 saturated heterocycles. The topological polar surface area (TPSA) is 35.2 Å². The van der Waals surface area contributed by atoms with E-state index >= 15 is 0 Å². The zero-order valence-corrected chi connectivity index (χ0v) is 11.4. The molecule has 0 aliphatic heterocycles. The second-order valence-electron chi connectivity index (χ2n) is 4.68. The second-order valence-corrected chi connectivity index (χ2v) is 4.68. The molecule has 2 N–H and O–H groups in total. The first kappa shape index (κ1) is 14.6. The average Bonchev–Trinajstić information content (AvgIpc) is 2.45. The fourth-order valence-corrected chi connectivity index (χ4v) is 2.27. The Bertz CT molecular complexity index is 587. The van der Waals surface area contributed by atoms with Crippen molar-refractivity contribution in [2.45, 2.75) is 19.1 Å². The molecule has 0 amide bonds. The first-order chi connectivity index (χ1) is 9.56. The maximum Gasteiger partial charge on any atom is 0.133 e. The van der Waals surface area contributed by atoms with Gasteiger partial charge in [-0.2, -0.15) is 0 Å². The van der Waals surface area contributed by atoms with Crippen molar-refractivity contribution in [2.24, 2.45) is 5.73 Å². The van der Waals surface area contributed by atoms with Crippen molar-refractivity contribution in [3.05, 3.63) is 70.8 Å². The summed E-state index contributed by atoms with van der Waals surface area (Å²) in [7, 11) is 1.48. The highest BCUT2D eigenvalue weighted by molar-refractivity contribution is 5.32. The van der Waals surface area contributed by atoms with Crippen LogP contribution < -0.4 is 5.73 Å². The number of benzene rings is 2. The van der Waals surface area contributed by atoms with E-state index in [9.17, 15) is 8.78 Å². The fourth-order valence-electron chi connectivity index (χ4n) is 2.27. The minimum absolute atomic E-state index is 0.138. The molecular weight excluding hydrogens is 260 g/mol. The lowest BCUT2D eigenvalue weighted by Gasteiger charge is -2.24. The van der Waals surface area contributed by atoms with Crippen LogP contribution in [0, 0.1) is 18.6 Å². The molecule has 0 radical (unpaired) electrons. The van der Waals surface area contributed by atoms with Crippen LogP contribution in [0.5, 0.6) is 0 Å². The van der Waals surface area contributed by atoms with Crippen molar-refractivity contribution in [2.75, 3.05) is 7.11 Å². The molecule has 2 rings (SSSR count). The molecule has 0 aliphatic rings. The minimum Gasteiger partial charge on any atom is -0.375 e. The van der Waals surface area contributed by atoms with Crippen LogP contribution in [0.15, 0.2) is 42.5 Å². The molecule has 0 heterocycles. The smallest absolute Gasteiger partial charge is 0.133 e. The van der Waals surface area contributed by atoms with Gasteiger partial charge in [0.1, 0.15) is 17.7 Å². The molecule has 20 heavy (non-hydrogen) atoms. The number of methoxy groups -OCH3 is 1. The minimum atomic E-state index is -0.915. The van der Waals surface area contributed by atoms with Crippen LogP contribution in [0.4, 0.5) is 8.78 Å². The lowest BCUT2D eigenvalue weighted by atomic mass is 9.94. The lowest BCUT2D eigenvalue weighted by Crippen LogP contribution is -2.24. The molecule has 2 aromatic rings. The third-order valence-corrected chi connectivity index (χ3v) is 3.36. The third-order valence-electron chi connectivity index (χ3n) is 3.36. The predicted molar refractivity (Wildman–Crippen MR) is 74.2 cm³/mol. The van der Waals surface area contributed by atoms with Gasteiger partial charge in [-0.15, -0.1) is 0 Å². The fraction of sp³-hybridized carbons (Fsp3) is 0.250. The van der Waals surface area contributed by atoms with Crippen molar-refractivity contribution in [1.82, 2.24) is 0 Å². The molecule has 2 atom stereocenters. The maximum absolute atomic E-state index is 14.1. The summed E-state index contributed by atoms with van der Waals surface area (Å²) < 4.78 is 33.4. The van der Waals surface area contributed by atoms with Gasteiger partial charge in [-0.1, -0.05) is 36.4 Å². The SMILES string of the molecule is COC(c1ccccc1)C(N)c1c(F)ccc(C)c1F.